The molecule has 1 fully saturated rings. The van der Waals surface area contributed by atoms with Gasteiger partial charge in [-0.2, -0.15) is 0 Å². The molecule has 1 saturated carbocycles. The Labute approximate surface area is 99.3 Å². The average Bonchev–Trinajstić information content (AvgIpc) is 2.85. The highest BCUT2D eigenvalue weighted by atomic mass is 15.3. The summed E-state index contributed by atoms with van der Waals surface area (Å²) in [6.07, 6.45) is 5.68. The third-order valence-corrected chi connectivity index (χ3v) is 4.22. The van der Waals surface area contributed by atoms with E-state index in [-0.39, 0.29) is 0 Å². The Morgan fingerprint density at radius 3 is 2.62 bits per heavy atom. The van der Waals surface area contributed by atoms with Gasteiger partial charge in [0.05, 0.1) is 6.54 Å². The van der Waals surface area contributed by atoms with Crippen molar-refractivity contribution in [1.29, 1.82) is 0 Å². The summed E-state index contributed by atoms with van der Waals surface area (Å²) in [5.74, 6) is 1.98. The van der Waals surface area contributed by atoms with E-state index in [2.05, 4.69) is 36.1 Å². The van der Waals surface area contributed by atoms with Gasteiger partial charge in [0.1, 0.15) is 0 Å². The molecule has 0 atom stereocenters. The number of rotatable bonds is 3. The lowest BCUT2D eigenvalue weighted by Gasteiger charge is -2.32. The molecule has 1 aliphatic heterocycles. The van der Waals surface area contributed by atoms with Gasteiger partial charge in [0, 0.05) is 20.1 Å². The molecule has 92 valence electrons. The van der Waals surface area contributed by atoms with Crippen LogP contribution in [-0.2, 0) is 0 Å². The molecule has 0 spiro atoms. The molecule has 0 aromatic carbocycles. The summed E-state index contributed by atoms with van der Waals surface area (Å²) in [6.45, 7) is 7.85. The van der Waals surface area contributed by atoms with Gasteiger partial charge in [0.15, 0.2) is 5.96 Å². The monoisotopic (exact) mass is 223 g/mol. The predicted octanol–water partition coefficient (Wildman–Crippen LogP) is 2.09. The van der Waals surface area contributed by atoms with E-state index in [9.17, 15) is 0 Å². The first-order valence-corrected chi connectivity index (χ1v) is 6.59. The van der Waals surface area contributed by atoms with Gasteiger partial charge in [-0.1, -0.05) is 26.7 Å². The van der Waals surface area contributed by atoms with Crippen molar-refractivity contribution in [2.75, 3.05) is 26.7 Å². The van der Waals surface area contributed by atoms with Crippen LogP contribution in [0.4, 0.5) is 0 Å². The van der Waals surface area contributed by atoms with Crippen molar-refractivity contribution < 1.29 is 0 Å². The Morgan fingerprint density at radius 1 is 1.38 bits per heavy atom. The molecule has 3 heteroatoms. The molecule has 0 aromatic rings. The molecule has 0 bridgehead atoms. The normalized spacial score (nSPS) is 22.7. The number of hydrogen-bond donors (Lipinski definition) is 1. The molecule has 0 amide bonds. The largest absolute Gasteiger partial charge is 0.356 e. The van der Waals surface area contributed by atoms with Crippen LogP contribution in [0.15, 0.2) is 4.99 Å². The van der Waals surface area contributed by atoms with Crippen molar-refractivity contribution in [1.82, 2.24) is 10.2 Å². The van der Waals surface area contributed by atoms with E-state index >= 15 is 0 Å². The van der Waals surface area contributed by atoms with E-state index in [1.54, 1.807) is 0 Å². The van der Waals surface area contributed by atoms with Crippen LogP contribution in [0.25, 0.3) is 0 Å². The maximum atomic E-state index is 4.48. The summed E-state index contributed by atoms with van der Waals surface area (Å²) in [6, 6.07) is 0. The van der Waals surface area contributed by atoms with Gasteiger partial charge in [-0.15, -0.1) is 0 Å². The molecule has 3 nitrogen and oxygen atoms in total. The van der Waals surface area contributed by atoms with Crippen LogP contribution in [0, 0.1) is 11.3 Å². The van der Waals surface area contributed by atoms with E-state index in [1.807, 2.05) is 0 Å². The summed E-state index contributed by atoms with van der Waals surface area (Å²) in [4.78, 5) is 6.69. The van der Waals surface area contributed by atoms with E-state index in [4.69, 9.17) is 0 Å². The van der Waals surface area contributed by atoms with Crippen molar-refractivity contribution in [3.63, 3.8) is 0 Å². The molecular weight excluding hydrogens is 198 g/mol. The average molecular weight is 223 g/mol. The van der Waals surface area contributed by atoms with Gasteiger partial charge in [0.25, 0.3) is 0 Å². The fraction of sp³-hybridized carbons (Fsp3) is 0.923. The topological polar surface area (TPSA) is 27.6 Å². The predicted molar refractivity (Wildman–Crippen MR) is 68.7 cm³/mol. The zero-order valence-electron chi connectivity index (χ0n) is 10.9. The van der Waals surface area contributed by atoms with Crippen molar-refractivity contribution in [3.8, 4) is 0 Å². The van der Waals surface area contributed by atoms with E-state index < -0.39 is 0 Å². The van der Waals surface area contributed by atoms with Crippen LogP contribution in [-0.4, -0.2) is 37.5 Å². The third kappa shape index (κ3) is 2.50. The van der Waals surface area contributed by atoms with Crippen LogP contribution in [0.5, 0.6) is 0 Å². The first-order valence-electron chi connectivity index (χ1n) is 6.59. The van der Waals surface area contributed by atoms with Crippen molar-refractivity contribution in [2.24, 2.45) is 16.3 Å². The number of nitrogens with one attached hydrogen (secondary N) is 1. The second kappa shape index (κ2) is 4.64. The molecule has 0 saturated heterocycles. The van der Waals surface area contributed by atoms with Crippen molar-refractivity contribution in [2.45, 2.75) is 39.5 Å². The van der Waals surface area contributed by atoms with Crippen LogP contribution >= 0.6 is 0 Å². The minimum absolute atomic E-state index is 0.405. The fourth-order valence-electron chi connectivity index (χ4n) is 2.88. The minimum atomic E-state index is 0.405. The highest BCUT2D eigenvalue weighted by Gasteiger charge is 2.32. The summed E-state index contributed by atoms with van der Waals surface area (Å²) < 4.78 is 0. The highest BCUT2D eigenvalue weighted by molar-refractivity contribution is 5.81. The van der Waals surface area contributed by atoms with Gasteiger partial charge < -0.3 is 10.2 Å². The Morgan fingerprint density at radius 2 is 2.06 bits per heavy atom. The molecule has 2 aliphatic rings. The molecule has 1 heterocycles. The Kier molecular flexibility index (Phi) is 3.41. The lowest BCUT2D eigenvalue weighted by molar-refractivity contribution is 0.217. The lowest BCUT2D eigenvalue weighted by Crippen LogP contribution is -2.42. The number of likely N-dealkylation sites (N-methyl/N-ethyl adjacent to an activating group) is 1. The molecule has 1 N–H and O–H groups in total. The van der Waals surface area contributed by atoms with Crippen molar-refractivity contribution in [3.05, 3.63) is 0 Å². The van der Waals surface area contributed by atoms with Gasteiger partial charge in [-0.05, 0) is 24.2 Å². The van der Waals surface area contributed by atoms with Crippen LogP contribution < -0.4 is 5.32 Å². The zero-order valence-corrected chi connectivity index (χ0v) is 10.9. The fourth-order valence-corrected chi connectivity index (χ4v) is 2.88. The second-order valence-corrected chi connectivity index (χ2v) is 5.95. The molecular formula is C13H25N3. The Balaban J connectivity index is 1.83. The van der Waals surface area contributed by atoms with Gasteiger partial charge in [-0.25, -0.2) is 0 Å². The molecule has 0 unspecified atom stereocenters. The van der Waals surface area contributed by atoms with Crippen LogP contribution in [0.3, 0.4) is 0 Å². The van der Waals surface area contributed by atoms with E-state index in [0.717, 1.165) is 31.5 Å². The zero-order chi connectivity index (χ0) is 11.6. The van der Waals surface area contributed by atoms with Gasteiger partial charge >= 0.3 is 0 Å². The summed E-state index contributed by atoms with van der Waals surface area (Å²) >= 11 is 0. The highest BCUT2D eigenvalue weighted by Crippen LogP contribution is 2.38. The van der Waals surface area contributed by atoms with E-state index in [1.165, 1.54) is 25.7 Å². The number of nitrogens with zero attached hydrogens (tertiary/aromatic N) is 2. The maximum absolute atomic E-state index is 4.48. The van der Waals surface area contributed by atoms with Gasteiger partial charge in [0.2, 0.25) is 0 Å². The van der Waals surface area contributed by atoms with Crippen molar-refractivity contribution >= 4 is 5.96 Å². The smallest absolute Gasteiger partial charge is 0.193 e. The standard InChI is InChI=1S/C13H25N3/c1-13(2,11-6-4-5-7-11)10-15-12-14-8-9-16(12)3/h11H,4-10H2,1-3H3,(H,14,15). The Bertz CT molecular complexity index is 264. The second-order valence-electron chi connectivity index (χ2n) is 5.95. The molecule has 0 aromatic heterocycles. The maximum Gasteiger partial charge on any atom is 0.193 e. The SMILES string of the molecule is CN1CCN=C1NCC(C)(C)C1CCCC1. The molecule has 1 aliphatic carbocycles. The Hall–Kier alpha value is -0.730. The molecule has 16 heavy (non-hydrogen) atoms. The number of aliphatic imine (C=N–C) groups is 1. The van der Waals surface area contributed by atoms with Crippen LogP contribution in [0.1, 0.15) is 39.5 Å². The molecule has 2 rings (SSSR count). The number of guanidine groups is 1. The lowest BCUT2D eigenvalue weighted by atomic mass is 9.78. The molecule has 0 radical (unpaired) electrons. The quantitative estimate of drug-likeness (QED) is 0.793. The van der Waals surface area contributed by atoms with Crippen LogP contribution in [0.2, 0.25) is 0 Å². The summed E-state index contributed by atoms with van der Waals surface area (Å²) in [7, 11) is 2.11. The van der Waals surface area contributed by atoms with E-state index in [0.29, 0.717) is 5.41 Å². The summed E-state index contributed by atoms with van der Waals surface area (Å²) in [5.41, 5.74) is 0.405. The third-order valence-electron chi connectivity index (χ3n) is 4.22. The number of hydrogen-bond acceptors (Lipinski definition) is 3. The van der Waals surface area contributed by atoms with Gasteiger partial charge in [-0.3, -0.25) is 4.99 Å². The minimum Gasteiger partial charge on any atom is -0.356 e. The summed E-state index contributed by atoms with van der Waals surface area (Å²) in [5, 5.41) is 3.52. The first-order chi connectivity index (χ1) is 7.59. The first kappa shape index (κ1) is 11.7.